The van der Waals surface area contributed by atoms with Crippen LogP contribution in [0.2, 0.25) is 0 Å². The van der Waals surface area contributed by atoms with Gasteiger partial charge in [0.05, 0.1) is 6.61 Å². The van der Waals surface area contributed by atoms with Gasteiger partial charge in [-0.15, -0.1) is 0 Å². The highest BCUT2D eigenvalue weighted by Gasteiger charge is 2.40. The first-order valence-electron chi connectivity index (χ1n) is 7.34. The molecule has 3 heteroatoms. The molecule has 1 aromatic rings. The maximum Gasteiger partial charge on any atom is 0.161 e. The van der Waals surface area contributed by atoms with Crippen molar-refractivity contribution in [3.05, 3.63) is 23.8 Å². The summed E-state index contributed by atoms with van der Waals surface area (Å²) in [6.07, 6.45) is 5.34. The largest absolute Gasteiger partial charge is 0.504 e. The van der Waals surface area contributed by atoms with E-state index in [1.165, 1.54) is 25.7 Å². The van der Waals surface area contributed by atoms with Gasteiger partial charge in [-0.2, -0.15) is 0 Å². The molecule has 2 N–H and O–H groups in total. The molecule has 106 valence electrons. The minimum absolute atomic E-state index is 0.218. The molecule has 0 bridgehead atoms. The molecule has 1 fully saturated rings. The second-order valence-electron chi connectivity index (χ2n) is 5.59. The van der Waals surface area contributed by atoms with Crippen LogP contribution < -0.4 is 10.1 Å². The quantitative estimate of drug-likeness (QED) is 0.754. The highest BCUT2D eigenvalue weighted by Crippen LogP contribution is 2.48. The van der Waals surface area contributed by atoms with Crippen LogP contribution in [0.3, 0.4) is 0 Å². The van der Waals surface area contributed by atoms with E-state index in [4.69, 9.17) is 4.74 Å². The van der Waals surface area contributed by atoms with Crippen LogP contribution in [-0.2, 0) is 6.54 Å². The van der Waals surface area contributed by atoms with Crippen LogP contribution in [0.25, 0.3) is 0 Å². The molecule has 0 amide bonds. The molecule has 0 radical (unpaired) electrons. The molecule has 3 nitrogen and oxygen atoms in total. The molecule has 0 aliphatic heterocycles. The van der Waals surface area contributed by atoms with E-state index in [9.17, 15) is 5.11 Å². The summed E-state index contributed by atoms with van der Waals surface area (Å²) in [4.78, 5) is 0. The van der Waals surface area contributed by atoms with Gasteiger partial charge in [-0.1, -0.05) is 19.4 Å². The fourth-order valence-electron chi connectivity index (χ4n) is 2.63. The highest BCUT2D eigenvalue weighted by molar-refractivity contribution is 5.41. The fraction of sp³-hybridized carbons (Fsp3) is 0.625. The number of rotatable bonds is 8. The van der Waals surface area contributed by atoms with Crippen LogP contribution in [0.4, 0.5) is 0 Å². The van der Waals surface area contributed by atoms with Gasteiger partial charge in [0, 0.05) is 13.1 Å². The molecule has 1 aliphatic carbocycles. The van der Waals surface area contributed by atoms with Gasteiger partial charge in [0.2, 0.25) is 0 Å². The Balaban J connectivity index is 1.84. The lowest BCUT2D eigenvalue weighted by Gasteiger charge is -2.15. The predicted octanol–water partition coefficient (Wildman–Crippen LogP) is 3.46. The van der Waals surface area contributed by atoms with Crippen LogP contribution >= 0.6 is 0 Å². The van der Waals surface area contributed by atoms with Gasteiger partial charge in [-0.3, -0.25) is 0 Å². The summed E-state index contributed by atoms with van der Waals surface area (Å²) in [5.74, 6) is 0.798. The molecule has 0 heterocycles. The number of aromatic hydroxyl groups is 1. The molecule has 1 aliphatic rings. The van der Waals surface area contributed by atoms with Crippen molar-refractivity contribution in [3.8, 4) is 11.5 Å². The van der Waals surface area contributed by atoms with Gasteiger partial charge >= 0.3 is 0 Å². The molecule has 1 aromatic carbocycles. The van der Waals surface area contributed by atoms with E-state index >= 15 is 0 Å². The number of ether oxygens (including phenoxy) is 1. The van der Waals surface area contributed by atoms with E-state index in [1.807, 2.05) is 19.1 Å². The average Bonchev–Trinajstić information content (AvgIpc) is 3.14. The SMILES string of the molecule is CCCC1(CNCc2ccc(O)c(OCC)c2)CC1. The smallest absolute Gasteiger partial charge is 0.161 e. The monoisotopic (exact) mass is 263 g/mol. The zero-order chi connectivity index (χ0) is 13.7. The van der Waals surface area contributed by atoms with Crippen molar-refractivity contribution in [2.75, 3.05) is 13.2 Å². The Morgan fingerprint density at radius 2 is 2.11 bits per heavy atom. The lowest BCUT2D eigenvalue weighted by atomic mass is 10.0. The zero-order valence-electron chi connectivity index (χ0n) is 12.0. The van der Waals surface area contributed by atoms with Gasteiger partial charge in [0.25, 0.3) is 0 Å². The third-order valence-electron chi connectivity index (χ3n) is 3.89. The van der Waals surface area contributed by atoms with Gasteiger partial charge in [-0.05, 0) is 49.3 Å². The Morgan fingerprint density at radius 3 is 2.74 bits per heavy atom. The van der Waals surface area contributed by atoms with Crippen LogP contribution in [0.5, 0.6) is 11.5 Å². The summed E-state index contributed by atoms with van der Waals surface area (Å²) in [6.45, 7) is 6.70. The van der Waals surface area contributed by atoms with Gasteiger partial charge in [0.1, 0.15) is 0 Å². The summed E-state index contributed by atoms with van der Waals surface area (Å²) in [6, 6.07) is 5.58. The highest BCUT2D eigenvalue weighted by atomic mass is 16.5. The molecule has 0 saturated heterocycles. The Morgan fingerprint density at radius 1 is 1.32 bits per heavy atom. The Hall–Kier alpha value is -1.22. The molecular weight excluding hydrogens is 238 g/mol. The number of phenolic OH excluding ortho intramolecular Hbond substituents is 1. The molecular formula is C16H25NO2. The summed E-state index contributed by atoms with van der Waals surface area (Å²) in [7, 11) is 0. The minimum Gasteiger partial charge on any atom is -0.504 e. The van der Waals surface area contributed by atoms with Gasteiger partial charge in [-0.25, -0.2) is 0 Å². The van der Waals surface area contributed by atoms with Gasteiger partial charge in [0.15, 0.2) is 11.5 Å². The summed E-state index contributed by atoms with van der Waals surface area (Å²) < 4.78 is 5.40. The third kappa shape index (κ3) is 3.87. The predicted molar refractivity (Wildman–Crippen MR) is 77.6 cm³/mol. The van der Waals surface area contributed by atoms with Crippen LogP contribution in [0, 0.1) is 5.41 Å². The van der Waals surface area contributed by atoms with Crippen molar-refractivity contribution in [1.82, 2.24) is 5.32 Å². The number of hydrogen-bond donors (Lipinski definition) is 2. The first-order chi connectivity index (χ1) is 9.19. The first kappa shape index (κ1) is 14.2. The van der Waals surface area contributed by atoms with Crippen LogP contribution in [-0.4, -0.2) is 18.3 Å². The number of hydrogen-bond acceptors (Lipinski definition) is 3. The second-order valence-corrected chi connectivity index (χ2v) is 5.59. The maximum absolute atomic E-state index is 9.66. The Bertz CT molecular complexity index is 413. The zero-order valence-corrected chi connectivity index (χ0v) is 12.0. The number of nitrogens with one attached hydrogen (secondary N) is 1. The summed E-state index contributed by atoms with van der Waals surface area (Å²) in [5.41, 5.74) is 1.74. The first-order valence-corrected chi connectivity index (χ1v) is 7.34. The molecule has 1 saturated carbocycles. The molecule has 0 aromatic heterocycles. The van der Waals surface area contributed by atoms with Crippen molar-refractivity contribution in [1.29, 1.82) is 0 Å². The molecule has 19 heavy (non-hydrogen) atoms. The number of phenols is 1. The summed E-state index contributed by atoms with van der Waals surface area (Å²) in [5, 5.41) is 13.2. The van der Waals surface area contributed by atoms with E-state index in [0.717, 1.165) is 18.7 Å². The van der Waals surface area contributed by atoms with Crippen molar-refractivity contribution >= 4 is 0 Å². The normalized spacial score (nSPS) is 16.3. The lowest BCUT2D eigenvalue weighted by Crippen LogP contribution is -2.23. The van der Waals surface area contributed by atoms with E-state index < -0.39 is 0 Å². The van der Waals surface area contributed by atoms with Crippen molar-refractivity contribution in [3.63, 3.8) is 0 Å². The second kappa shape index (κ2) is 6.29. The Kier molecular flexibility index (Phi) is 4.70. The fourth-order valence-corrected chi connectivity index (χ4v) is 2.63. The average molecular weight is 263 g/mol. The van der Waals surface area contributed by atoms with Crippen molar-refractivity contribution in [2.45, 2.75) is 46.1 Å². The molecule has 0 spiro atoms. The van der Waals surface area contributed by atoms with E-state index in [0.29, 0.717) is 17.8 Å². The Labute approximate surface area is 116 Å². The molecule has 0 unspecified atom stereocenters. The van der Waals surface area contributed by atoms with Crippen molar-refractivity contribution in [2.24, 2.45) is 5.41 Å². The lowest BCUT2D eigenvalue weighted by molar-refractivity contribution is 0.317. The topological polar surface area (TPSA) is 41.5 Å². The molecule has 2 rings (SSSR count). The van der Waals surface area contributed by atoms with Crippen LogP contribution in [0.15, 0.2) is 18.2 Å². The maximum atomic E-state index is 9.66. The van der Waals surface area contributed by atoms with Gasteiger partial charge < -0.3 is 15.2 Å². The minimum atomic E-state index is 0.218. The van der Waals surface area contributed by atoms with Crippen molar-refractivity contribution < 1.29 is 9.84 Å². The standard InChI is InChI=1S/C16H25NO2/c1-3-7-16(8-9-16)12-17-11-13-5-6-14(18)15(10-13)19-4-2/h5-6,10,17-18H,3-4,7-9,11-12H2,1-2H3. The summed E-state index contributed by atoms with van der Waals surface area (Å²) >= 11 is 0. The van der Waals surface area contributed by atoms with E-state index in [2.05, 4.69) is 12.2 Å². The van der Waals surface area contributed by atoms with Crippen LogP contribution in [0.1, 0.15) is 45.1 Å². The molecule has 0 atom stereocenters. The van der Waals surface area contributed by atoms with E-state index in [-0.39, 0.29) is 5.75 Å². The number of benzene rings is 1. The third-order valence-corrected chi connectivity index (χ3v) is 3.89. The van der Waals surface area contributed by atoms with E-state index in [1.54, 1.807) is 6.07 Å².